The van der Waals surface area contributed by atoms with Crippen LogP contribution < -0.4 is 0 Å². The zero-order valence-electron chi connectivity index (χ0n) is 12.4. The van der Waals surface area contributed by atoms with E-state index in [2.05, 4.69) is 0 Å². The van der Waals surface area contributed by atoms with Crippen LogP contribution in [-0.2, 0) is 0 Å². The Hall–Kier alpha value is -2.64. The largest absolute Gasteiger partial charge is 0.289 e. The molecule has 0 aliphatic heterocycles. The number of hydrogen-bond donors (Lipinski definition) is 0. The van der Waals surface area contributed by atoms with E-state index in [4.69, 9.17) is 11.6 Å². The van der Waals surface area contributed by atoms with Crippen LogP contribution in [0.5, 0.6) is 0 Å². The number of rotatable bonds is 4. The highest BCUT2D eigenvalue weighted by Gasteiger charge is 2.05. The molecule has 0 saturated carbocycles. The minimum absolute atomic E-state index is 0.0143. The summed E-state index contributed by atoms with van der Waals surface area (Å²) in [5.41, 5.74) is 3.72. The average Bonchev–Trinajstić information content (AvgIpc) is 2.62. The Kier molecular flexibility index (Phi) is 4.70. The van der Waals surface area contributed by atoms with Crippen molar-refractivity contribution in [1.29, 1.82) is 0 Å². The predicted octanol–water partition coefficient (Wildman–Crippen LogP) is 5.90. The summed E-state index contributed by atoms with van der Waals surface area (Å²) >= 11 is 6.13. The van der Waals surface area contributed by atoms with Crippen molar-refractivity contribution in [3.05, 3.63) is 101 Å². The van der Waals surface area contributed by atoms with Crippen molar-refractivity contribution in [2.45, 2.75) is 0 Å². The molecule has 3 aromatic rings. The van der Waals surface area contributed by atoms with Gasteiger partial charge in [0.1, 0.15) is 0 Å². The molecule has 0 spiro atoms. The summed E-state index contributed by atoms with van der Waals surface area (Å²) in [5, 5.41) is 0.676. The summed E-state index contributed by atoms with van der Waals surface area (Å²) < 4.78 is 0. The van der Waals surface area contributed by atoms with Crippen LogP contribution in [0.1, 0.15) is 15.9 Å². The molecule has 3 aromatic carbocycles. The van der Waals surface area contributed by atoms with Gasteiger partial charge < -0.3 is 0 Å². The summed E-state index contributed by atoms with van der Waals surface area (Å²) in [5.74, 6) is -0.0143. The third-order valence-electron chi connectivity index (χ3n) is 3.57. The van der Waals surface area contributed by atoms with Gasteiger partial charge in [-0.1, -0.05) is 84.4 Å². The minimum Gasteiger partial charge on any atom is -0.289 e. The molecule has 0 atom stereocenters. The van der Waals surface area contributed by atoms with E-state index in [0.29, 0.717) is 10.6 Å². The van der Waals surface area contributed by atoms with E-state index in [1.807, 2.05) is 84.9 Å². The topological polar surface area (TPSA) is 17.1 Å². The van der Waals surface area contributed by atoms with Gasteiger partial charge in [-0.2, -0.15) is 0 Å². The predicted molar refractivity (Wildman–Crippen MR) is 96.7 cm³/mol. The van der Waals surface area contributed by atoms with E-state index in [0.717, 1.165) is 16.7 Å². The van der Waals surface area contributed by atoms with Crippen molar-refractivity contribution in [2.24, 2.45) is 0 Å². The van der Waals surface area contributed by atoms with Crippen LogP contribution in [0.4, 0.5) is 0 Å². The number of allylic oxidation sites excluding steroid dienone is 1. The van der Waals surface area contributed by atoms with Gasteiger partial charge in [0.05, 0.1) is 0 Å². The molecule has 1 nitrogen and oxygen atoms in total. The molecule has 0 aliphatic carbocycles. The zero-order valence-corrected chi connectivity index (χ0v) is 13.2. The molecule has 112 valence electrons. The minimum atomic E-state index is -0.0143. The lowest BCUT2D eigenvalue weighted by Gasteiger charge is -2.07. The van der Waals surface area contributed by atoms with Crippen LogP contribution in [0.25, 0.3) is 17.2 Å². The quantitative estimate of drug-likeness (QED) is 0.432. The number of hydrogen-bond acceptors (Lipinski definition) is 1. The van der Waals surface area contributed by atoms with E-state index in [-0.39, 0.29) is 5.78 Å². The Morgan fingerprint density at radius 1 is 0.826 bits per heavy atom. The second kappa shape index (κ2) is 7.08. The van der Waals surface area contributed by atoms with Gasteiger partial charge >= 0.3 is 0 Å². The molecule has 0 amide bonds. The number of halogens is 1. The van der Waals surface area contributed by atoms with E-state index in [9.17, 15) is 4.79 Å². The molecule has 0 N–H and O–H groups in total. The Morgan fingerprint density at radius 2 is 1.48 bits per heavy atom. The molecule has 2 heteroatoms. The van der Waals surface area contributed by atoms with Gasteiger partial charge in [-0.25, -0.2) is 0 Å². The molecule has 0 bridgehead atoms. The lowest BCUT2D eigenvalue weighted by Crippen LogP contribution is -1.93. The fourth-order valence-electron chi connectivity index (χ4n) is 2.41. The second-order valence-electron chi connectivity index (χ2n) is 5.16. The summed E-state index contributed by atoms with van der Waals surface area (Å²) in [4.78, 5) is 12.2. The van der Waals surface area contributed by atoms with E-state index >= 15 is 0 Å². The van der Waals surface area contributed by atoms with E-state index < -0.39 is 0 Å². The zero-order chi connectivity index (χ0) is 16.1. The first kappa shape index (κ1) is 15.3. The highest BCUT2D eigenvalue weighted by atomic mass is 35.5. The highest BCUT2D eigenvalue weighted by molar-refractivity contribution is 6.31. The van der Waals surface area contributed by atoms with Crippen LogP contribution in [-0.4, -0.2) is 5.78 Å². The summed E-state index contributed by atoms with van der Waals surface area (Å²) in [6, 6.07) is 24.9. The lowest BCUT2D eigenvalue weighted by molar-refractivity contribution is 0.104. The Morgan fingerprint density at radius 3 is 2.17 bits per heavy atom. The smallest absolute Gasteiger partial charge is 0.185 e. The van der Waals surface area contributed by atoms with E-state index in [1.165, 1.54) is 0 Å². The van der Waals surface area contributed by atoms with Gasteiger partial charge in [-0.05, 0) is 34.9 Å². The van der Waals surface area contributed by atoms with Gasteiger partial charge in [-0.15, -0.1) is 0 Å². The van der Waals surface area contributed by atoms with Crippen LogP contribution in [0, 0.1) is 0 Å². The molecule has 0 aromatic heterocycles. The van der Waals surface area contributed by atoms with E-state index in [1.54, 1.807) is 6.08 Å². The summed E-state index contributed by atoms with van der Waals surface area (Å²) in [7, 11) is 0. The van der Waals surface area contributed by atoms with Crippen molar-refractivity contribution in [1.82, 2.24) is 0 Å². The van der Waals surface area contributed by atoms with Crippen molar-refractivity contribution in [3.63, 3.8) is 0 Å². The first-order valence-electron chi connectivity index (χ1n) is 7.36. The molecule has 23 heavy (non-hydrogen) atoms. The second-order valence-corrected chi connectivity index (χ2v) is 5.60. The van der Waals surface area contributed by atoms with Gasteiger partial charge in [0.2, 0.25) is 0 Å². The lowest BCUT2D eigenvalue weighted by atomic mass is 9.99. The Balaban J connectivity index is 1.94. The number of carbonyl (C=O) groups excluding carboxylic acids is 1. The van der Waals surface area contributed by atoms with Crippen LogP contribution >= 0.6 is 11.6 Å². The standard InChI is InChI=1S/C21H15ClO/c22-19-13-11-17(20(15-19)16-7-3-1-4-8-16)12-14-21(23)18-9-5-2-6-10-18/h1-15H. The maximum Gasteiger partial charge on any atom is 0.185 e. The SMILES string of the molecule is O=C(C=Cc1ccc(Cl)cc1-c1ccccc1)c1ccccc1. The van der Waals surface area contributed by atoms with Gasteiger partial charge in [-0.3, -0.25) is 4.79 Å². The van der Waals surface area contributed by atoms with Crippen molar-refractivity contribution in [3.8, 4) is 11.1 Å². The number of ketones is 1. The maximum atomic E-state index is 12.2. The monoisotopic (exact) mass is 318 g/mol. The third-order valence-corrected chi connectivity index (χ3v) is 3.81. The number of benzene rings is 3. The molecule has 3 rings (SSSR count). The van der Waals surface area contributed by atoms with Gasteiger partial charge in [0.25, 0.3) is 0 Å². The van der Waals surface area contributed by atoms with Crippen LogP contribution in [0.2, 0.25) is 5.02 Å². The maximum absolute atomic E-state index is 12.2. The molecular formula is C21H15ClO. The third kappa shape index (κ3) is 3.77. The summed E-state index contributed by atoms with van der Waals surface area (Å²) in [6.45, 7) is 0. The summed E-state index contributed by atoms with van der Waals surface area (Å²) in [6.07, 6.45) is 3.44. The first-order chi connectivity index (χ1) is 11.2. The normalized spacial score (nSPS) is 10.8. The molecule has 0 saturated heterocycles. The van der Waals surface area contributed by atoms with Crippen molar-refractivity contribution in [2.75, 3.05) is 0 Å². The average molecular weight is 319 g/mol. The van der Waals surface area contributed by atoms with Crippen molar-refractivity contribution < 1.29 is 4.79 Å². The Labute approximate surface area is 140 Å². The van der Waals surface area contributed by atoms with Crippen molar-refractivity contribution >= 4 is 23.5 Å². The highest BCUT2D eigenvalue weighted by Crippen LogP contribution is 2.28. The molecular weight excluding hydrogens is 304 g/mol. The molecule has 0 fully saturated rings. The Bertz CT molecular complexity index is 836. The fraction of sp³-hybridized carbons (Fsp3) is 0. The molecule has 0 aliphatic rings. The fourth-order valence-corrected chi connectivity index (χ4v) is 2.58. The van der Waals surface area contributed by atoms with Crippen LogP contribution in [0.3, 0.4) is 0 Å². The number of carbonyl (C=O) groups is 1. The first-order valence-corrected chi connectivity index (χ1v) is 7.74. The molecule has 0 heterocycles. The van der Waals surface area contributed by atoms with Gasteiger partial charge in [0, 0.05) is 10.6 Å². The molecule has 0 radical (unpaired) electrons. The van der Waals surface area contributed by atoms with Crippen LogP contribution in [0.15, 0.2) is 84.9 Å². The molecule has 0 unspecified atom stereocenters. The van der Waals surface area contributed by atoms with Gasteiger partial charge in [0.15, 0.2) is 5.78 Å².